The van der Waals surface area contributed by atoms with E-state index >= 15 is 0 Å². The molecule has 0 aliphatic heterocycles. The molecule has 0 aliphatic rings. The molecule has 0 aliphatic carbocycles. The first-order chi connectivity index (χ1) is 12.2. The summed E-state index contributed by atoms with van der Waals surface area (Å²) < 4.78 is 25.6. The molecule has 1 aromatic heterocycles. The van der Waals surface area contributed by atoms with Crippen molar-refractivity contribution < 1.29 is 18.0 Å². The molecule has 2 rings (SSSR count). The molecular weight excluding hydrogens is 362 g/mol. The molecule has 0 atom stereocenters. The van der Waals surface area contributed by atoms with Gasteiger partial charge in [0.25, 0.3) is 17.4 Å². The van der Waals surface area contributed by atoms with Gasteiger partial charge < -0.3 is 0 Å². The standard InChI is InChI=1S/C15H17N5O5S/c1-10-3-5-11(6-4-10)26(24,25)20(2)9-14(22)18-19-15(23)12-7-8-13(21)17-16-12/h3-8H,9H2,1-2H3,(H,17,21)(H,18,22)(H,19,23). The van der Waals surface area contributed by atoms with Crippen molar-refractivity contribution in [2.24, 2.45) is 0 Å². The molecule has 138 valence electrons. The van der Waals surface area contributed by atoms with Crippen LogP contribution in [-0.2, 0) is 14.8 Å². The van der Waals surface area contributed by atoms with Gasteiger partial charge in [0.15, 0.2) is 5.69 Å². The van der Waals surface area contributed by atoms with Crippen molar-refractivity contribution in [1.29, 1.82) is 0 Å². The Bertz CT molecular complexity index is 948. The molecule has 1 heterocycles. The van der Waals surface area contributed by atoms with E-state index in [1.807, 2.05) is 6.92 Å². The van der Waals surface area contributed by atoms with Gasteiger partial charge in [0, 0.05) is 13.1 Å². The molecule has 1 aromatic carbocycles. The smallest absolute Gasteiger partial charge is 0.272 e. The number of likely N-dealkylation sites (N-methyl/N-ethyl adjacent to an activating group) is 1. The lowest BCUT2D eigenvalue weighted by Gasteiger charge is -2.17. The van der Waals surface area contributed by atoms with Crippen molar-refractivity contribution in [1.82, 2.24) is 25.4 Å². The monoisotopic (exact) mass is 379 g/mol. The highest BCUT2D eigenvalue weighted by molar-refractivity contribution is 7.89. The minimum absolute atomic E-state index is 0.0554. The highest BCUT2D eigenvalue weighted by Gasteiger charge is 2.23. The fourth-order valence-electron chi connectivity index (χ4n) is 1.88. The Hall–Kier alpha value is -3.05. The molecule has 0 radical (unpaired) electrons. The number of amides is 2. The maximum atomic E-state index is 12.4. The molecule has 26 heavy (non-hydrogen) atoms. The molecule has 0 saturated heterocycles. The second kappa shape index (κ2) is 7.89. The maximum absolute atomic E-state index is 12.4. The molecule has 3 N–H and O–H groups in total. The van der Waals surface area contributed by atoms with Crippen molar-refractivity contribution in [2.45, 2.75) is 11.8 Å². The average Bonchev–Trinajstić information content (AvgIpc) is 2.60. The number of aryl methyl sites for hydroxylation is 1. The molecular formula is C15H17N5O5S. The number of nitrogens with zero attached hydrogens (tertiary/aromatic N) is 2. The van der Waals surface area contributed by atoms with Crippen LogP contribution in [0, 0.1) is 6.92 Å². The summed E-state index contributed by atoms with van der Waals surface area (Å²) in [5.74, 6) is -1.51. The van der Waals surface area contributed by atoms with E-state index in [0.717, 1.165) is 15.9 Å². The quantitative estimate of drug-likeness (QED) is 0.579. The van der Waals surface area contributed by atoms with Gasteiger partial charge in [-0.05, 0) is 25.1 Å². The van der Waals surface area contributed by atoms with E-state index in [1.165, 1.54) is 25.2 Å². The molecule has 11 heteroatoms. The summed E-state index contributed by atoms with van der Waals surface area (Å²) >= 11 is 0. The van der Waals surface area contributed by atoms with E-state index in [0.29, 0.717) is 0 Å². The zero-order valence-electron chi connectivity index (χ0n) is 14.0. The molecule has 0 bridgehead atoms. The van der Waals surface area contributed by atoms with E-state index in [4.69, 9.17) is 0 Å². The van der Waals surface area contributed by atoms with Gasteiger partial charge in [-0.25, -0.2) is 13.5 Å². The number of hydrogen-bond acceptors (Lipinski definition) is 6. The van der Waals surface area contributed by atoms with Gasteiger partial charge in [-0.15, -0.1) is 0 Å². The van der Waals surface area contributed by atoms with Crippen molar-refractivity contribution >= 4 is 21.8 Å². The Kier molecular flexibility index (Phi) is 5.85. The van der Waals surface area contributed by atoms with Crippen molar-refractivity contribution in [3.63, 3.8) is 0 Å². The van der Waals surface area contributed by atoms with Crippen LogP contribution in [0.3, 0.4) is 0 Å². The first kappa shape index (κ1) is 19.3. The van der Waals surface area contributed by atoms with Crippen LogP contribution in [0.1, 0.15) is 16.1 Å². The average molecular weight is 379 g/mol. The van der Waals surface area contributed by atoms with Crippen molar-refractivity contribution in [3.05, 3.63) is 58.0 Å². The van der Waals surface area contributed by atoms with Gasteiger partial charge in [0.2, 0.25) is 10.0 Å². The highest BCUT2D eigenvalue weighted by atomic mass is 32.2. The van der Waals surface area contributed by atoms with Gasteiger partial charge >= 0.3 is 0 Å². The van der Waals surface area contributed by atoms with Crippen LogP contribution in [0.15, 0.2) is 46.1 Å². The normalized spacial score (nSPS) is 11.2. The summed E-state index contributed by atoms with van der Waals surface area (Å²) in [4.78, 5) is 34.6. The second-order valence-corrected chi connectivity index (χ2v) is 7.43. The molecule has 10 nitrogen and oxygen atoms in total. The molecule has 0 spiro atoms. The van der Waals surface area contributed by atoms with Crippen LogP contribution >= 0.6 is 0 Å². The summed E-state index contributed by atoms with van der Waals surface area (Å²) in [6.07, 6.45) is 0. The number of nitrogens with one attached hydrogen (secondary N) is 3. The lowest BCUT2D eigenvalue weighted by molar-refractivity contribution is -0.121. The summed E-state index contributed by atoms with van der Waals surface area (Å²) in [6.45, 7) is 1.32. The third-order valence-electron chi connectivity index (χ3n) is 3.32. The van der Waals surface area contributed by atoms with Gasteiger partial charge in [-0.2, -0.15) is 9.40 Å². The van der Waals surface area contributed by atoms with E-state index in [9.17, 15) is 22.8 Å². The number of benzene rings is 1. The van der Waals surface area contributed by atoms with Crippen LogP contribution in [0.2, 0.25) is 0 Å². The van der Waals surface area contributed by atoms with Crippen LogP contribution in [0.5, 0.6) is 0 Å². The third kappa shape index (κ3) is 4.74. The minimum atomic E-state index is -3.84. The first-order valence-corrected chi connectivity index (χ1v) is 8.82. The van der Waals surface area contributed by atoms with Gasteiger partial charge in [-0.3, -0.25) is 25.2 Å². The van der Waals surface area contributed by atoms with Crippen LogP contribution in [0.25, 0.3) is 0 Å². The van der Waals surface area contributed by atoms with Gasteiger partial charge in [0.1, 0.15) is 0 Å². The maximum Gasteiger partial charge on any atom is 0.290 e. The number of carbonyl (C=O) groups excluding carboxylic acids is 2. The molecule has 0 unspecified atom stereocenters. The fourth-order valence-corrected chi connectivity index (χ4v) is 3.01. The van der Waals surface area contributed by atoms with E-state index in [-0.39, 0.29) is 10.6 Å². The third-order valence-corrected chi connectivity index (χ3v) is 5.14. The van der Waals surface area contributed by atoms with Crippen molar-refractivity contribution in [2.75, 3.05) is 13.6 Å². The number of rotatable bonds is 5. The van der Waals surface area contributed by atoms with Gasteiger partial charge in [0.05, 0.1) is 11.4 Å². The van der Waals surface area contributed by atoms with Crippen molar-refractivity contribution in [3.8, 4) is 0 Å². The molecule has 0 fully saturated rings. The Morgan fingerprint density at radius 1 is 1.12 bits per heavy atom. The highest BCUT2D eigenvalue weighted by Crippen LogP contribution is 2.14. The number of H-pyrrole nitrogens is 1. The van der Waals surface area contributed by atoms with Crippen LogP contribution in [-0.4, -0.2) is 48.3 Å². The lowest BCUT2D eigenvalue weighted by Crippen LogP contribution is -2.47. The largest absolute Gasteiger partial charge is 0.290 e. The van der Waals surface area contributed by atoms with Gasteiger partial charge in [-0.1, -0.05) is 17.7 Å². The predicted octanol–water partition coefficient (Wildman–Crippen LogP) is -0.840. The number of hydrogen-bond donors (Lipinski definition) is 3. The summed E-state index contributed by atoms with van der Waals surface area (Å²) in [5.41, 5.74) is 4.47. The predicted molar refractivity (Wildman–Crippen MR) is 91.5 cm³/mol. The van der Waals surface area contributed by atoms with E-state index in [1.54, 1.807) is 12.1 Å². The zero-order chi connectivity index (χ0) is 19.3. The Morgan fingerprint density at radius 3 is 2.35 bits per heavy atom. The molecule has 0 saturated carbocycles. The molecule has 2 amide bonds. The Morgan fingerprint density at radius 2 is 1.77 bits per heavy atom. The van der Waals surface area contributed by atoms with E-state index < -0.39 is 33.9 Å². The Balaban J connectivity index is 1.94. The number of aromatic amines is 1. The second-order valence-electron chi connectivity index (χ2n) is 5.38. The van der Waals surface area contributed by atoms with E-state index in [2.05, 4.69) is 21.0 Å². The fraction of sp³-hybridized carbons (Fsp3) is 0.200. The lowest BCUT2D eigenvalue weighted by atomic mass is 10.2. The van der Waals surface area contributed by atoms with Crippen LogP contribution < -0.4 is 16.4 Å². The summed E-state index contributed by atoms with van der Waals surface area (Å²) in [6, 6.07) is 8.47. The zero-order valence-corrected chi connectivity index (χ0v) is 14.8. The number of aromatic nitrogens is 2. The Labute approximate surface area is 149 Å². The number of sulfonamides is 1. The summed E-state index contributed by atoms with van der Waals surface area (Å²) in [7, 11) is -2.59. The topological polar surface area (TPSA) is 141 Å². The summed E-state index contributed by atoms with van der Waals surface area (Å²) in [5, 5.41) is 5.57. The SMILES string of the molecule is Cc1ccc(S(=O)(=O)N(C)CC(=O)NNC(=O)c2ccc(=O)[nH]n2)cc1. The first-order valence-electron chi connectivity index (χ1n) is 7.38. The minimum Gasteiger partial charge on any atom is -0.272 e. The number of hydrazine groups is 1. The molecule has 2 aromatic rings. The van der Waals surface area contributed by atoms with Crippen LogP contribution in [0.4, 0.5) is 0 Å². The number of carbonyl (C=O) groups is 2.